The van der Waals surface area contributed by atoms with Gasteiger partial charge < -0.3 is 10.6 Å². The van der Waals surface area contributed by atoms with Crippen LogP contribution in [-0.2, 0) is 5.41 Å². The van der Waals surface area contributed by atoms with Crippen molar-refractivity contribution >= 4 is 0 Å². The van der Waals surface area contributed by atoms with Gasteiger partial charge in [0.05, 0.1) is 0 Å². The summed E-state index contributed by atoms with van der Waals surface area (Å²) in [6.45, 7) is 10.8. The number of hydrogen-bond donors (Lipinski definition) is 2. The topological polar surface area (TPSA) is 24.1 Å². The van der Waals surface area contributed by atoms with Crippen LogP contribution in [0, 0.1) is 0 Å². The highest BCUT2D eigenvalue weighted by atomic mass is 14.9. The van der Waals surface area contributed by atoms with Gasteiger partial charge in [0, 0.05) is 25.0 Å². The summed E-state index contributed by atoms with van der Waals surface area (Å²) in [6.07, 6.45) is 0. The Kier molecular flexibility index (Phi) is 5.50. The molecule has 1 aromatic carbocycles. The van der Waals surface area contributed by atoms with Crippen LogP contribution in [0.25, 0.3) is 0 Å². The number of nitrogens with one attached hydrogen (secondary N) is 2. The molecule has 2 heteroatoms. The summed E-state index contributed by atoms with van der Waals surface area (Å²) in [5.41, 5.74) is 1.60. The molecular formula is C14H24N2. The van der Waals surface area contributed by atoms with E-state index in [4.69, 9.17) is 0 Å². The SMILES string of the molecule is CCNCCNCC(C)(C)c1ccccc1. The van der Waals surface area contributed by atoms with Gasteiger partial charge in [-0.15, -0.1) is 0 Å². The average molecular weight is 220 g/mol. The van der Waals surface area contributed by atoms with Gasteiger partial charge in [0.15, 0.2) is 0 Å². The maximum atomic E-state index is 3.50. The summed E-state index contributed by atoms with van der Waals surface area (Å²) >= 11 is 0. The van der Waals surface area contributed by atoms with Crippen LogP contribution in [-0.4, -0.2) is 26.2 Å². The van der Waals surface area contributed by atoms with E-state index in [9.17, 15) is 0 Å². The summed E-state index contributed by atoms with van der Waals surface area (Å²) in [7, 11) is 0. The highest BCUT2D eigenvalue weighted by molar-refractivity contribution is 5.23. The molecule has 0 bridgehead atoms. The molecule has 0 spiro atoms. The molecule has 0 saturated heterocycles. The fourth-order valence-electron chi connectivity index (χ4n) is 1.75. The molecule has 0 amide bonds. The van der Waals surface area contributed by atoms with E-state index in [1.54, 1.807) is 0 Å². The second-order valence-corrected chi connectivity index (χ2v) is 4.78. The summed E-state index contributed by atoms with van der Waals surface area (Å²) in [5.74, 6) is 0. The van der Waals surface area contributed by atoms with Crippen LogP contribution in [0.2, 0.25) is 0 Å². The van der Waals surface area contributed by atoms with E-state index in [-0.39, 0.29) is 5.41 Å². The zero-order valence-electron chi connectivity index (χ0n) is 10.7. The van der Waals surface area contributed by atoms with Gasteiger partial charge in [0.2, 0.25) is 0 Å². The minimum Gasteiger partial charge on any atom is -0.316 e. The number of benzene rings is 1. The molecule has 1 rings (SSSR count). The Labute approximate surface area is 99.5 Å². The van der Waals surface area contributed by atoms with Gasteiger partial charge in [-0.1, -0.05) is 51.1 Å². The van der Waals surface area contributed by atoms with Crippen molar-refractivity contribution in [3.05, 3.63) is 35.9 Å². The van der Waals surface area contributed by atoms with Crippen molar-refractivity contribution in [3.63, 3.8) is 0 Å². The Morgan fingerprint density at radius 3 is 2.25 bits per heavy atom. The summed E-state index contributed by atoms with van der Waals surface area (Å²) in [5, 5.41) is 6.81. The van der Waals surface area contributed by atoms with E-state index in [1.165, 1.54) is 5.56 Å². The van der Waals surface area contributed by atoms with Crippen molar-refractivity contribution in [1.82, 2.24) is 10.6 Å². The fourth-order valence-corrected chi connectivity index (χ4v) is 1.75. The van der Waals surface area contributed by atoms with E-state index in [1.807, 2.05) is 0 Å². The molecule has 0 saturated carbocycles. The first-order valence-corrected chi connectivity index (χ1v) is 6.14. The van der Waals surface area contributed by atoms with Crippen molar-refractivity contribution < 1.29 is 0 Å². The third kappa shape index (κ3) is 4.33. The van der Waals surface area contributed by atoms with Crippen LogP contribution >= 0.6 is 0 Å². The third-order valence-corrected chi connectivity index (χ3v) is 2.85. The van der Waals surface area contributed by atoms with Crippen LogP contribution in [0.15, 0.2) is 30.3 Å². The molecule has 2 N–H and O–H groups in total. The van der Waals surface area contributed by atoms with Crippen molar-refractivity contribution in [2.45, 2.75) is 26.2 Å². The van der Waals surface area contributed by atoms with Crippen molar-refractivity contribution in [3.8, 4) is 0 Å². The molecule has 90 valence electrons. The molecule has 0 aliphatic heterocycles. The quantitative estimate of drug-likeness (QED) is 0.688. The largest absolute Gasteiger partial charge is 0.316 e. The lowest BCUT2D eigenvalue weighted by Gasteiger charge is -2.25. The highest BCUT2D eigenvalue weighted by Gasteiger charge is 2.19. The van der Waals surface area contributed by atoms with Gasteiger partial charge in [-0.3, -0.25) is 0 Å². The Morgan fingerprint density at radius 1 is 1.00 bits per heavy atom. The van der Waals surface area contributed by atoms with Crippen LogP contribution in [0.1, 0.15) is 26.3 Å². The van der Waals surface area contributed by atoms with Gasteiger partial charge in [-0.2, -0.15) is 0 Å². The Balaban J connectivity index is 2.35. The van der Waals surface area contributed by atoms with Gasteiger partial charge in [0.1, 0.15) is 0 Å². The molecule has 1 aromatic rings. The fraction of sp³-hybridized carbons (Fsp3) is 0.571. The van der Waals surface area contributed by atoms with Crippen molar-refractivity contribution in [2.24, 2.45) is 0 Å². The molecule has 0 heterocycles. The van der Waals surface area contributed by atoms with E-state index in [0.29, 0.717) is 0 Å². The lowest BCUT2D eigenvalue weighted by atomic mass is 9.85. The lowest BCUT2D eigenvalue weighted by molar-refractivity contribution is 0.466. The van der Waals surface area contributed by atoms with E-state index in [0.717, 1.165) is 26.2 Å². The minimum absolute atomic E-state index is 0.202. The van der Waals surface area contributed by atoms with Gasteiger partial charge in [-0.05, 0) is 12.1 Å². The van der Waals surface area contributed by atoms with E-state index in [2.05, 4.69) is 61.7 Å². The Bertz CT molecular complexity index is 280. The van der Waals surface area contributed by atoms with Crippen molar-refractivity contribution in [1.29, 1.82) is 0 Å². The minimum atomic E-state index is 0.202. The number of likely N-dealkylation sites (N-methyl/N-ethyl adjacent to an activating group) is 1. The number of rotatable bonds is 7. The zero-order chi connectivity index (χ0) is 11.9. The van der Waals surface area contributed by atoms with Crippen LogP contribution in [0.3, 0.4) is 0 Å². The van der Waals surface area contributed by atoms with Crippen LogP contribution in [0.5, 0.6) is 0 Å². The Hall–Kier alpha value is -0.860. The maximum absolute atomic E-state index is 3.50. The average Bonchev–Trinajstić information content (AvgIpc) is 2.30. The maximum Gasteiger partial charge on any atom is 0.00770 e. The smallest absolute Gasteiger partial charge is 0.00770 e. The van der Waals surface area contributed by atoms with E-state index < -0.39 is 0 Å². The van der Waals surface area contributed by atoms with Gasteiger partial charge >= 0.3 is 0 Å². The molecule has 2 nitrogen and oxygen atoms in total. The first-order chi connectivity index (χ1) is 7.67. The first-order valence-electron chi connectivity index (χ1n) is 6.14. The molecule has 0 unspecified atom stereocenters. The molecule has 0 aromatic heterocycles. The Morgan fingerprint density at radius 2 is 1.62 bits per heavy atom. The molecule has 0 aliphatic rings. The van der Waals surface area contributed by atoms with Crippen LogP contribution in [0.4, 0.5) is 0 Å². The molecule has 16 heavy (non-hydrogen) atoms. The monoisotopic (exact) mass is 220 g/mol. The third-order valence-electron chi connectivity index (χ3n) is 2.85. The highest BCUT2D eigenvalue weighted by Crippen LogP contribution is 2.21. The zero-order valence-corrected chi connectivity index (χ0v) is 10.7. The molecule has 0 aliphatic carbocycles. The van der Waals surface area contributed by atoms with Gasteiger partial charge in [0.25, 0.3) is 0 Å². The summed E-state index contributed by atoms with van der Waals surface area (Å²) in [6, 6.07) is 10.7. The first kappa shape index (κ1) is 13.2. The van der Waals surface area contributed by atoms with Crippen LogP contribution < -0.4 is 10.6 Å². The standard InChI is InChI=1S/C14H24N2/c1-4-15-10-11-16-12-14(2,3)13-8-6-5-7-9-13/h5-9,15-16H,4,10-12H2,1-3H3. The second kappa shape index (κ2) is 6.66. The molecular weight excluding hydrogens is 196 g/mol. The molecule has 0 fully saturated rings. The van der Waals surface area contributed by atoms with Crippen molar-refractivity contribution in [2.75, 3.05) is 26.2 Å². The predicted octanol–water partition coefficient (Wildman–Crippen LogP) is 2.16. The lowest BCUT2D eigenvalue weighted by Crippen LogP contribution is -2.36. The van der Waals surface area contributed by atoms with Gasteiger partial charge in [-0.25, -0.2) is 0 Å². The summed E-state index contributed by atoms with van der Waals surface area (Å²) in [4.78, 5) is 0. The predicted molar refractivity (Wildman–Crippen MR) is 70.9 cm³/mol. The number of hydrogen-bond acceptors (Lipinski definition) is 2. The van der Waals surface area contributed by atoms with E-state index >= 15 is 0 Å². The summed E-state index contributed by atoms with van der Waals surface area (Å²) < 4.78 is 0. The normalized spacial score (nSPS) is 11.7. The molecule has 0 radical (unpaired) electrons. The molecule has 0 atom stereocenters. The second-order valence-electron chi connectivity index (χ2n) is 4.78.